The van der Waals surface area contributed by atoms with E-state index in [1.165, 1.54) is 18.1 Å². The van der Waals surface area contributed by atoms with Crippen LogP contribution >= 0.6 is 0 Å². The average molecular weight is 276 g/mol. The minimum absolute atomic E-state index is 0.310. The highest BCUT2D eigenvalue weighted by Crippen LogP contribution is 2.15. The topological polar surface area (TPSA) is 69.6 Å². The van der Waals surface area contributed by atoms with Gasteiger partial charge < -0.3 is 15.3 Å². The smallest absolute Gasteiger partial charge is 0.327 e. The lowest BCUT2D eigenvalue weighted by Gasteiger charge is -2.24. The van der Waals surface area contributed by atoms with Crippen molar-refractivity contribution in [2.75, 3.05) is 19.6 Å². The second-order valence-electron chi connectivity index (χ2n) is 5.16. The van der Waals surface area contributed by atoms with E-state index in [1.807, 2.05) is 12.1 Å². The summed E-state index contributed by atoms with van der Waals surface area (Å²) in [5.41, 5.74) is 2.67. The van der Waals surface area contributed by atoms with Crippen molar-refractivity contribution < 1.29 is 14.7 Å². The van der Waals surface area contributed by atoms with E-state index in [2.05, 4.69) is 22.3 Å². The number of fused-ring (bicyclic) bond motifs is 1. The van der Waals surface area contributed by atoms with Crippen molar-refractivity contribution in [2.24, 2.45) is 0 Å². The Hall–Kier alpha value is -1.88. The number of nitrogens with one attached hydrogen (secondary N) is 1. The van der Waals surface area contributed by atoms with Gasteiger partial charge in [0, 0.05) is 26.6 Å². The second kappa shape index (κ2) is 6.52. The van der Waals surface area contributed by atoms with Crippen LogP contribution in [0.4, 0.5) is 0 Å². The monoisotopic (exact) mass is 276 g/mol. The van der Waals surface area contributed by atoms with Gasteiger partial charge in [-0.15, -0.1) is 0 Å². The molecule has 0 aliphatic carbocycles. The van der Waals surface area contributed by atoms with Gasteiger partial charge >= 0.3 is 5.97 Å². The highest BCUT2D eigenvalue weighted by Gasteiger charge is 2.23. The molecule has 5 nitrogen and oxygen atoms in total. The third kappa shape index (κ3) is 3.81. The third-order valence-corrected chi connectivity index (χ3v) is 3.63. The van der Waals surface area contributed by atoms with Gasteiger partial charge in [-0.1, -0.05) is 24.3 Å². The summed E-state index contributed by atoms with van der Waals surface area (Å²) in [5, 5.41) is 11.6. The van der Waals surface area contributed by atoms with Crippen LogP contribution in [-0.4, -0.2) is 47.6 Å². The molecule has 1 unspecified atom stereocenters. The maximum absolute atomic E-state index is 11.2. The van der Waals surface area contributed by atoms with Crippen molar-refractivity contribution in [3.63, 3.8) is 0 Å². The van der Waals surface area contributed by atoms with Crippen LogP contribution in [0.15, 0.2) is 24.3 Å². The number of hydrogen-bond acceptors (Lipinski definition) is 3. The SMILES string of the molecule is CC(=O)NC(CN1CCc2ccccc2CC1)C(=O)O. The molecule has 0 spiro atoms. The zero-order valence-corrected chi connectivity index (χ0v) is 11.6. The molecule has 1 heterocycles. The molecule has 1 aliphatic heterocycles. The molecule has 2 N–H and O–H groups in total. The lowest BCUT2D eigenvalue weighted by atomic mass is 10.0. The second-order valence-corrected chi connectivity index (χ2v) is 5.16. The predicted octanol–water partition coefficient (Wildman–Crippen LogP) is 0.676. The summed E-state index contributed by atoms with van der Waals surface area (Å²) in [4.78, 5) is 24.3. The Bertz CT molecular complexity index is 475. The first kappa shape index (κ1) is 14.5. The molecule has 0 aromatic heterocycles. The minimum Gasteiger partial charge on any atom is -0.480 e. The maximum atomic E-state index is 11.2. The van der Waals surface area contributed by atoms with Gasteiger partial charge in [-0.2, -0.15) is 0 Å². The Labute approximate surface area is 118 Å². The van der Waals surface area contributed by atoms with E-state index in [1.54, 1.807) is 0 Å². The summed E-state index contributed by atoms with van der Waals surface area (Å²) < 4.78 is 0. The summed E-state index contributed by atoms with van der Waals surface area (Å²) in [7, 11) is 0. The predicted molar refractivity (Wildman–Crippen MR) is 75.5 cm³/mol. The largest absolute Gasteiger partial charge is 0.480 e. The number of rotatable bonds is 4. The van der Waals surface area contributed by atoms with Crippen LogP contribution in [0, 0.1) is 0 Å². The number of benzene rings is 1. The van der Waals surface area contributed by atoms with E-state index in [0.29, 0.717) is 6.54 Å². The van der Waals surface area contributed by atoms with Crippen LogP contribution in [0.2, 0.25) is 0 Å². The van der Waals surface area contributed by atoms with E-state index >= 15 is 0 Å². The number of carboxylic acids is 1. The van der Waals surface area contributed by atoms with Gasteiger partial charge in [-0.25, -0.2) is 4.79 Å². The lowest BCUT2D eigenvalue weighted by Crippen LogP contribution is -2.48. The first-order valence-electron chi connectivity index (χ1n) is 6.85. The number of carbonyl (C=O) groups is 2. The molecule has 1 atom stereocenters. The highest BCUT2D eigenvalue weighted by molar-refractivity contribution is 5.82. The third-order valence-electron chi connectivity index (χ3n) is 3.63. The summed E-state index contributed by atoms with van der Waals surface area (Å²) in [6.45, 7) is 3.33. The summed E-state index contributed by atoms with van der Waals surface area (Å²) in [6, 6.07) is 7.48. The fourth-order valence-corrected chi connectivity index (χ4v) is 2.59. The zero-order valence-electron chi connectivity index (χ0n) is 11.6. The van der Waals surface area contributed by atoms with Crippen molar-refractivity contribution in [2.45, 2.75) is 25.8 Å². The number of carboxylic acid groups (broad SMARTS) is 1. The quantitative estimate of drug-likeness (QED) is 0.848. The van der Waals surface area contributed by atoms with Crippen molar-refractivity contribution in [3.05, 3.63) is 35.4 Å². The molecule has 1 aromatic rings. The zero-order chi connectivity index (χ0) is 14.5. The lowest BCUT2D eigenvalue weighted by molar-refractivity contribution is -0.142. The Balaban J connectivity index is 1.98. The number of carbonyl (C=O) groups excluding carboxylic acids is 1. The van der Waals surface area contributed by atoms with Crippen LogP contribution in [0.5, 0.6) is 0 Å². The van der Waals surface area contributed by atoms with E-state index in [0.717, 1.165) is 25.9 Å². The maximum Gasteiger partial charge on any atom is 0.327 e. The van der Waals surface area contributed by atoms with Crippen LogP contribution in [0.25, 0.3) is 0 Å². The Morgan fingerprint density at radius 3 is 2.25 bits per heavy atom. The van der Waals surface area contributed by atoms with Gasteiger partial charge in [-0.3, -0.25) is 4.79 Å². The molecule has 0 saturated carbocycles. The number of aliphatic carboxylic acids is 1. The molecular weight excluding hydrogens is 256 g/mol. The molecule has 108 valence electrons. The molecule has 0 radical (unpaired) electrons. The van der Waals surface area contributed by atoms with Crippen LogP contribution in [0.1, 0.15) is 18.1 Å². The minimum atomic E-state index is -0.984. The standard InChI is InChI=1S/C15H20N2O3/c1-11(18)16-14(15(19)20)10-17-8-6-12-4-2-3-5-13(12)7-9-17/h2-5,14H,6-10H2,1H3,(H,16,18)(H,19,20). The van der Waals surface area contributed by atoms with Crippen LogP contribution in [0.3, 0.4) is 0 Å². The average Bonchev–Trinajstić information content (AvgIpc) is 2.60. The molecule has 2 rings (SSSR count). The number of hydrogen-bond donors (Lipinski definition) is 2. The van der Waals surface area contributed by atoms with Gasteiger partial charge in [-0.05, 0) is 24.0 Å². The first-order valence-corrected chi connectivity index (χ1v) is 6.85. The summed E-state index contributed by atoms with van der Waals surface area (Å²) in [6.07, 6.45) is 1.84. The van der Waals surface area contributed by atoms with Gasteiger partial charge in [0.1, 0.15) is 6.04 Å². The molecular formula is C15H20N2O3. The van der Waals surface area contributed by atoms with E-state index in [9.17, 15) is 9.59 Å². The molecule has 0 saturated heterocycles. The van der Waals surface area contributed by atoms with E-state index in [4.69, 9.17) is 5.11 Å². The molecule has 1 aromatic carbocycles. The van der Waals surface area contributed by atoms with Crippen molar-refractivity contribution in [3.8, 4) is 0 Å². The van der Waals surface area contributed by atoms with Gasteiger partial charge in [0.2, 0.25) is 5.91 Å². The Morgan fingerprint density at radius 1 is 1.25 bits per heavy atom. The molecule has 1 aliphatic rings. The molecule has 0 fully saturated rings. The van der Waals surface area contributed by atoms with Crippen LogP contribution < -0.4 is 5.32 Å². The molecule has 5 heteroatoms. The fraction of sp³-hybridized carbons (Fsp3) is 0.467. The van der Waals surface area contributed by atoms with Crippen LogP contribution in [-0.2, 0) is 22.4 Å². The Kier molecular flexibility index (Phi) is 4.74. The normalized spacial score (nSPS) is 16.9. The Morgan fingerprint density at radius 2 is 1.80 bits per heavy atom. The summed E-state index contributed by atoms with van der Waals surface area (Å²) in [5.74, 6) is -1.29. The van der Waals surface area contributed by atoms with E-state index < -0.39 is 12.0 Å². The first-order chi connectivity index (χ1) is 9.56. The number of amides is 1. The van der Waals surface area contributed by atoms with Gasteiger partial charge in [0.25, 0.3) is 0 Å². The van der Waals surface area contributed by atoms with E-state index in [-0.39, 0.29) is 5.91 Å². The molecule has 1 amide bonds. The molecule has 0 bridgehead atoms. The molecule has 20 heavy (non-hydrogen) atoms. The van der Waals surface area contributed by atoms with Crippen molar-refractivity contribution in [1.29, 1.82) is 0 Å². The van der Waals surface area contributed by atoms with Gasteiger partial charge in [0.05, 0.1) is 0 Å². The summed E-state index contributed by atoms with van der Waals surface area (Å²) >= 11 is 0. The van der Waals surface area contributed by atoms with Crippen molar-refractivity contribution in [1.82, 2.24) is 10.2 Å². The fourth-order valence-electron chi connectivity index (χ4n) is 2.59. The highest BCUT2D eigenvalue weighted by atomic mass is 16.4. The van der Waals surface area contributed by atoms with Gasteiger partial charge in [0.15, 0.2) is 0 Å². The van der Waals surface area contributed by atoms with Crippen molar-refractivity contribution >= 4 is 11.9 Å². The number of nitrogens with zero attached hydrogens (tertiary/aromatic N) is 1.